The first-order chi connectivity index (χ1) is 24.7. The molecule has 5 aromatic carbocycles. The lowest BCUT2D eigenvalue weighted by atomic mass is 9.95. The number of hydrogen-bond acceptors (Lipinski definition) is 4. The predicted molar refractivity (Wildman–Crippen MR) is 200 cm³/mol. The summed E-state index contributed by atoms with van der Waals surface area (Å²) in [6.45, 7) is 5.69. The molecule has 1 aromatic heterocycles. The molecule has 0 radical (unpaired) electrons. The Kier molecular flexibility index (Phi) is 11.2. The number of benzene rings is 5. The van der Waals surface area contributed by atoms with E-state index in [1.165, 1.54) is 22.1 Å². The Hall–Kier alpha value is -4.52. The molecule has 5 heteroatoms. The number of rotatable bonds is 14. The summed E-state index contributed by atoms with van der Waals surface area (Å²) in [6, 6.07) is 48.6. The van der Waals surface area contributed by atoms with Crippen LogP contribution in [0.4, 0.5) is 0 Å². The molecule has 0 N–H and O–H groups in total. The van der Waals surface area contributed by atoms with Crippen molar-refractivity contribution in [3.05, 3.63) is 179 Å². The van der Waals surface area contributed by atoms with Gasteiger partial charge in [-0.3, -0.25) is 0 Å². The fraction of sp³-hybridized carbons (Fsp3) is 0.289. The van der Waals surface area contributed by atoms with Crippen LogP contribution in [0, 0.1) is 0 Å². The lowest BCUT2D eigenvalue weighted by Gasteiger charge is -2.46. The van der Waals surface area contributed by atoms with Crippen LogP contribution in [0.15, 0.2) is 146 Å². The summed E-state index contributed by atoms with van der Waals surface area (Å²) in [4.78, 5) is 0. The molecule has 0 aliphatic carbocycles. The summed E-state index contributed by atoms with van der Waals surface area (Å²) in [5.74, 6) is 0. The molecule has 256 valence electrons. The Morgan fingerprint density at radius 2 is 1.02 bits per heavy atom. The largest absolute Gasteiger partial charge is 0.368 e. The summed E-state index contributed by atoms with van der Waals surface area (Å²) in [6.07, 6.45) is 3.02. The lowest BCUT2D eigenvalue weighted by molar-refractivity contribution is -0.282. The Bertz CT molecular complexity index is 1910. The highest BCUT2D eigenvalue weighted by Crippen LogP contribution is 2.39. The number of fused-ring (bicyclic) bond motifs is 1. The molecule has 1 fully saturated rings. The highest BCUT2D eigenvalue weighted by atomic mass is 16.6. The van der Waals surface area contributed by atoms with Gasteiger partial charge in [0.15, 0.2) is 6.23 Å². The molecule has 0 amide bonds. The molecular weight excluding hydrogens is 618 g/mol. The molecule has 1 unspecified atom stereocenters. The van der Waals surface area contributed by atoms with E-state index in [-0.39, 0.29) is 12.2 Å². The van der Waals surface area contributed by atoms with Gasteiger partial charge in [0.2, 0.25) is 0 Å². The number of aromatic nitrogens is 1. The minimum atomic E-state index is -0.463. The number of nitrogens with zero attached hydrogens (tertiary/aromatic N) is 1. The van der Waals surface area contributed by atoms with E-state index in [0.717, 1.165) is 41.5 Å². The number of ether oxygens (including phenoxy) is 4. The zero-order valence-electron chi connectivity index (χ0n) is 29.1. The maximum absolute atomic E-state index is 7.14. The van der Waals surface area contributed by atoms with Crippen molar-refractivity contribution in [2.75, 3.05) is 0 Å². The Morgan fingerprint density at radius 1 is 0.520 bits per heavy atom. The SMILES string of the molecule is CCc1ccc(Cc2cn(C3O[C@H](CC)[C@@H](OCc4ccccc4)[C@H](OCc4ccccc4)[C@H]3OCc3ccccc3)c3ccccc23)cc1. The van der Waals surface area contributed by atoms with Crippen LogP contribution in [-0.2, 0) is 51.6 Å². The van der Waals surface area contributed by atoms with Crippen molar-refractivity contribution < 1.29 is 18.9 Å². The zero-order valence-corrected chi connectivity index (χ0v) is 29.1. The lowest BCUT2D eigenvalue weighted by Crippen LogP contribution is -2.58. The van der Waals surface area contributed by atoms with Crippen LogP contribution < -0.4 is 0 Å². The number of para-hydroxylation sites is 1. The van der Waals surface area contributed by atoms with Gasteiger partial charge in [-0.2, -0.15) is 0 Å². The molecule has 2 heterocycles. The van der Waals surface area contributed by atoms with Crippen molar-refractivity contribution in [2.45, 2.75) is 83.6 Å². The topological polar surface area (TPSA) is 41.9 Å². The van der Waals surface area contributed by atoms with Crippen molar-refractivity contribution in [3.63, 3.8) is 0 Å². The molecule has 5 nitrogen and oxygen atoms in total. The fourth-order valence-corrected chi connectivity index (χ4v) is 7.06. The van der Waals surface area contributed by atoms with E-state index in [4.69, 9.17) is 18.9 Å². The Balaban J connectivity index is 1.28. The van der Waals surface area contributed by atoms with Gasteiger partial charge in [0.05, 0.1) is 31.4 Å². The van der Waals surface area contributed by atoms with Crippen LogP contribution in [0.2, 0.25) is 0 Å². The van der Waals surface area contributed by atoms with Crippen molar-refractivity contribution in [2.24, 2.45) is 0 Å². The van der Waals surface area contributed by atoms with Crippen LogP contribution in [-0.4, -0.2) is 29.0 Å². The second-order valence-corrected chi connectivity index (χ2v) is 13.2. The predicted octanol–water partition coefficient (Wildman–Crippen LogP) is 9.86. The van der Waals surface area contributed by atoms with E-state index in [1.807, 2.05) is 30.3 Å². The molecule has 0 bridgehead atoms. The summed E-state index contributed by atoms with van der Waals surface area (Å²) < 4.78 is 30.1. The Labute approximate surface area is 296 Å². The van der Waals surface area contributed by atoms with Crippen molar-refractivity contribution in [1.29, 1.82) is 0 Å². The maximum Gasteiger partial charge on any atom is 0.163 e. The van der Waals surface area contributed by atoms with Crippen LogP contribution in [0.5, 0.6) is 0 Å². The quantitative estimate of drug-likeness (QED) is 0.116. The molecule has 0 saturated carbocycles. The summed E-state index contributed by atoms with van der Waals surface area (Å²) in [7, 11) is 0. The summed E-state index contributed by atoms with van der Waals surface area (Å²) in [5.41, 5.74) is 8.33. The average Bonchev–Trinajstić information content (AvgIpc) is 3.54. The van der Waals surface area contributed by atoms with Crippen molar-refractivity contribution >= 4 is 10.9 Å². The molecule has 0 spiro atoms. The summed E-state index contributed by atoms with van der Waals surface area (Å²) >= 11 is 0. The van der Waals surface area contributed by atoms with Crippen LogP contribution >= 0.6 is 0 Å². The van der Waals surface area contributed by atoms with Gasteiger partial charge >= 0.3 is 0 Å². The number of hydrogen-bond donors (Lipinski definition) is 0. The molecule has 1 aliphatic rings. The van der Waals surface area contributed by atoms with E-state index in [0.29, 0.717) is 19.8 Å². The molecule has 1 aliphatic heterocycles. The second kappa shape index (κ2) is 16.5. The molecule has 1 saturated heterocycles. The third-order valence-electron chi connectivity index (χ3n) is 9.79. The van der Waals surface area contributed by atoms with Crippen molar-refractivity contribution in [1.82, 2.24) is 4.57 Å². The maximum atomic E-state index is 7.14. The molecule has 6 aromatic rings. The van der Waals surface area contributed by atoms with Crippen LogP contribution in [0.25, 0.3) is 10.9 Å². The van der Waals surface area contributed by atoms with E-state index in [9.17, 15) is 0 Å². The van der Waals surface area contributed by atoms with Gasteiger partial charge in [-0.05, 0) is 58.7 Å². The van der Waals surface area contributed by atoms with Gasteiger partial charge in [-0.15, -0.1) is 0 Å². The van der Waals surface area contributed by atoms with Gasteiger partial charge in [0.1, 0.15) is 18.3 Å². The minimum Gasteiger partial charge on any atom is -0.368 e. The van der Waals surface area contributed by atoms with Gasteiger partial charge in [-0.25, -0.2) is 0 Å². The molecule has 7 rings (SSSR count). The van der Waals surface area contributed by atoms with E-state index in [2.05, 4.69) is 134 Å². The highest BCUT2D eigenvalue weighted by Gasteiger charge is 2.48. The highest BCUT2D eigenvalue weighted by molar-refractivity contribution is 5.84. The Morgan fingerprint density at radius 3 is 1.58 bits per heavy atom. The zero-order chi connectivity index (χ0) is 34.1. The third-order valence-corrected chi connectivity index (χ3v) is 9.79. The molecule has 5 atom stereocenters. The first-order valence-electron chi connectivity index (χ1n) is 18.0. The fourth-order valence-electron chi connectivity index (χ4n) is 7.06. The molecule has 50 heavy (non-hydrogen) atoms. The van der Waals surface area contributed by atoms with Crippen molar-refractivity contribution in [3.8, 4) is 0 Å². The third kappa shape index (κ3) is 7.93. The summed E-state index contributed by atoms with van der Waals surface area (Å²) in [5, 5.41) is 1.22. The van der Waals surface area contributed by atoms with Gasteiger partial charge < -0.3 is 23.5 Å². The first-order valence-corrected chi connectivity index (χ1v) is 18.0. The average molecular weight is 666 g/mol. The standard InChI is InChI=1S/C45H47NO4/c1-3-33-24-26-34(27-25-33)28-38-29-46(40-23-15-14-22-39(38)40)45-44(49-32-37-20-12-7-13-21-37)43(48-31-36-18-10-6-11-19-36)42(41(4-2)50-45)47-30-35-16-8-5-9-17-35/h5-27,29,41-45H,3-4,28,30-32H2,1-2H3/t41-,42-,43+,44-,45?/m1/s1. The molecular formula is C45H47NO4. The monoisotopic (exact) mass is 665 g/mol. The van der Waals surface area contributed by atoms with E-state index < -0.39 is 18.4 Å². The van der Waals surface area contributed by atoms with Crippen LogP contribution in [0.3, 0.4) is 0 Å². The smallest absolute Gasteiger partial charge is 0.163 e. The van der Waals surface area contributed by atoms with Crippen LogP contribution in [0.1, 0.15) is 59.9 Å². The number of aryl methyl sites for hydroxylation is 1. The first kappa shape index (κ1) is 34.0. The second-order valence-electron chi connectivity index (χ2n) is 13.2. The van der Waals surface area contributed by atoms with E-state index in [1.54, 1.807) is 0 Å². The van der Waals surface area contributed by atoms with Gasteiger partial charge in [0, 0.05) is 11.6 Å². The van der Waals surface area contributed by atoms with Gasteiger partial charge in [-0.1, -0.05) is 147 Å². The normalized spacial score (nSPS) is 20.6. The minimum absolute atomic E-state index is 0.215. The van der Waals surface area contributed by atoms with E-state index >= 15 is 0 Å². The van der Waals surface area contributed by atoms with Gasteiger partial charge in [0.25, 0.3) is 0 Å².